The smallest absolute Gasteiger partial charge is 0.251 e. The molecule has 1 N–H and O–H groups in total. The van der Waals surface area contributed by atoms with Crippen molar-refractivity contribution in [3.05, 3.63) is 59.2 Å². The van der Waals surface area contributed by atoms with Crippen molar-refractivity contribution in [2.75, 3.05) is 39.8 Å². The van der Waals surface area contributed by atoms with Crippen molar-refractivity contribution in [2.45, 2.75) is 43.5 Å². The van der Waals surface area contributed by atoms with Gasteiger partial charge in [0.1, 0.15) is 5.75 Å². The minimum atomic E-state index is -3.57. The Morgan fingerprint density at radius 3 is 2.27 bits per heavy atom. The monoisotopic (exact) mass is 471 g/mol. The average Bonchev–Trinajstić information content (AvgIpc) is 3.55. The molecule has 33 heavy (non-hydrogen) atoms. The summed E-state index contributed by atoms with van der Waals surface area (Å²) in [5.74, 6) is 0.554. The van der Waals surface area contributed by atoms with Crippen LogP contribution in [0.1, 0.15) is 53.2 Å². The Bertz CT molecular complexity index is 1070. The van der Waals surface area contributed by atoms with E-state index >= 15 is 0 Å². The summed E-state index contributed by atoms with van der Waals surface area (Å²) in [7, 11) is -1.93. The molecular weight excluding hydrogens is 438 g/mol. The van der Waals surface area contributed by atoms with E-state index in [2.05, 4.69) is 10.2 Å². The van der Waals surface area contributed by atoms with Crippen molar-refractivity contribution in [3.63, 3.8) is 0 Å². The first-order valence-corrected chi connectivity index (χ1v) is 13.1. The van der Waals surface area contributed by atoms with Crippen LogP contribution in [0.3, 0.4) is 0 Å². The molecule has 0 unspecified atom stereocenters. The predicted octanol–water partition coefficient (Wildman–Crippen LogP) is 3.36. The van der Waals surface area contributed by atoms with Crippen molar-refractivity contribution in [2.24, 2.45) is 0 Å². The van der Waals surface area contributed by atoms with Gasteiger partial charge in [0.15, 0.2) is 0 Å². The molecule has 2 saturated heterocycles. The van der Waals surface area contributed by atoms with E-state index < -0.39 is 10.0 Å². The topological polar surface area (TPSA) is 78.9 Å². The lowest BCUT2D eigenvalue weighted by Gasteiger charge is -2.28. The van der Waals surface area contributed by atoms with E-state index in [0.717, 1.165) is 55.6 Å². The van der Waals surface area contributed by atoms with Gasteiger partial charge < -0.3 is 10.1 Å². The van der Waals surface area contributed by atoms with E-state index in [-0.39, 0.29) is 16.8 Å². The molecule has 8 heteroatoms. The number of nitrogens with zero attached hydrogens (tertiary/aromatic N) is 2. The Morgan fingerprint density at radius 2 is 1.64 bits per heavy atom. The normalized spacial score (nSPS) is 18.4. The first kappa shape index (κ1) is 23.7. The van der Waals surface area contributed by atoms with Crippen LogP contribution in [0.25, 0.3) is 0 Å². The Labute approximate surface area is 196 Å². The van der Waals surface area contributed by atoms with Crippen LogP contribution < -0.4 is 10.1 Å². The molecule has 2 aromatic rings. The Kier molecular flexibility index (Phi) is 7.36. The summed E-state index contributed by atoms with van der Waals surface area (Å²) in [6, 6.07) is 12.9. The molecule has 0 aromatic heterocycles. The Morgan fingerprint density at radius 1 is 1.00 bits per heavy atom. The van der Waals surface area contributed by atoms with Crippen LogP contribution in [0, 0.1) is 6.92 Å². The fourth-order valence-electron chi connectivity index (χ4n) is 4.71. The molecule has 2 fully saturated rings. The van der Waals surface area contributed by atoms with E-state index in [4.69, 9.17) is 4.74 Å². The van der Waals surface area contributed by atoms with Gasteiger partial charge in [0.05, 0.1) is 18.0 Å². The lowest BCUT2D eigenvalue weighted by molar-refractivity contribution is 0.0937. The van der Waals surface area contributed by atoms with Crippen molar-refractivity contribution in [1.29, 1.82) is 0 Å². The van der Waals surface area contributed by atoms with Crippen molar-refractivity contribution in [1.82, 2.24) is 14.5 Å². The van der Waals surface area contributed by atoms with Crippen LogP contribution >= 0.6 is 0 Å². The number of benzene rings is 2. The molecule has 2 aliphatic rings. The quantitative estimate of drug-likeness (QED) is 0.639. The largest absolute Gasteiger partial charge is 0.497 e. The summed E-state index contributed by atoms with van der Waals surface area (Å²) in [5.41, 5.74) is 2.29. The molecule has 0 radical (unpaired) electrons. The second kappa shape index (κ2) is 10.2. The number of aryl methyl sites for hydroxylation is 1. The molecule has 4 rings (SSSR count). The van der Waals surface area contributed by atoms with Gasteiger partial charge in [-0.05, 0) is 81.1 Å². The lowest BCUT2D eigenvalue weighted by atomic mass is 10.0. The number of ether oxygens (including phenoxy) is 1. The Hall–Kier alpha value is -2.42. The number of carbonyl (C=O) groups excluding carboxylic acids is 1. The maximum atomic E-state index is 13.2. The third-order valence-electron chi connectivity index (χ3n) is 6.69. The van der Waals surface area contributed by atoms with Gasteiger partial charge in [0, 0.05) is 25.2 Å². The van der Waals surface area contributed by atoms with Crippen LogP contribution in [-0.4, -0.2) is 63.4 Å². The highest BCUT2D eigenvalue weighted by Crippen LogP contribution is 2.27. The molecule has 1 amide bonds. The van der Waals surface area contributed by atoms with Crippen LogP contribution in [0.5, 0.6) is 5.75 Å². The SMILES string of the molecule is COc1ccc([C@H](CNC(=O)c2cc(S(=O)(=O)N3CCCC3)ccc2C)N2CCCC2)cc1. The highest BCUT2D eigenvalue weighted by molar-refractivity contribution is 7.89. The maximum absolute atomic E-state index is 13.2. The number of likely N-dealkylation sites (tertiary alicyclic amines) is 1. The highest BCUT2D eigenvalue weighted by atomic mass is 32.2. The minimum Gasteiger partial charge on any atom is -0.497 e. The zero-order valence-corrected chi connectivity index (χ0v) is 20.2. The molecular formula is C25H33N3O4S. The number of carbonyl (C=O) groups is 1. The molecule has 178 valence electrons. The van der Waals surface area contributed by atoms with Gasteiger partial charge in [-0.2, -0.15) is 4.31 Å². The van der Waals surface area contributed by atoms with Gasteiger partial charge in [-0.25, -0.2) is 8.42 Å². The molecule has 0 bridgehead atoms. The van der Waals surface area contributed by atoms with Crippen LogP contribution in [0.4, 0.5) is 0 Å². The summed E-state index contributed by atoms with van der Waals surface area (Å²) in [5, 5.41) is 3.07. The zero-order chi connectivity index (χ0) is 23.4. The van der Waals surface area contributed by atoms with Gasteiger partial charge in [-0.1, -0.05) is 18.2 Å². The summed E-state index contributed by atoms with van der Waals surface area (Å²) < 4.78 is 32.7. The van der Waals surface area contributed by atoms with Crippen molar-refractivity contribution >= 4 is 15.9 Å². The fraction of sp³-hybridized carbons (Fsp3) is 0.480. The molecule has 7 nitrogen and oxygen atoms in total. The third-order valence-corrected chi connectivity index (χ3v) is 8.59. The van der Waals surface area contributed by atoms with Gasteiger partial charge in [0.2, 0.25) is 10.0 Å². The van der Waals surface area contributed by atoms with Gasteiger partial charge in [-0.15, -0.1) is 0 Å². The number of amides is 1. The first-order chi connectivity index (χ1) is 15.9. The number of sulfonamides is 1. The zero-order valence-electron chi connectivity index (χ0n) is 19.4. The predicted molar refractivity (Wildman–Crippen MR) is 128 cm³/mol. The van der Waals surface area contributed by atoms with E-state index in [1.54, 1.807) is 19.2 Å². The molecule has 2 heterocycles. The number of methoxy groups -OCH3 is 1. The van der Waals surface area contributed by atoms with Gasteiger partial charge >= 0.3 is 0 Å². The lowest BCUT2D eigenvalue weighted by Crippen LogP contribution is -2.37. The standard InChI is InChI=1S/C25H33N3O4S/c1-19-7-12-22(33(30,31)28-15-5-6-16-28)17-23(19)25(29)26-18-24(27-13-3-4-14-27)20-8-10-21(32-2)11-9-20/h7-12,17,24H,3-6,13-16,18H2,1-2H3,(H,26,29)/t24-/m0/s1. The number of hydrogen-bond acceptors (Lipinski definition) is 5. The second-order valence-corrected chi connectivity index (χ2v) is 10.8. The minimum absolute atomic E-state index is 0.0548. The number of nitrogens with one attached hydrogen (secondary N) is 1. The number of rotatable bonds is 8. The summed E-state index contributed by atoms with van der Waals surface area (Å²) >= 11 is 0. The maximum Gasteiger partial charge on any atom is 0.251 e. The average molecular weight is 472 g/mol. The summed E-state index contributed by atoms with van der Waals surface area (Å²) in [6.45, 7) is 5.36. The van der Waals surface area contributed by atoms with Crippen molar-refractivity contribution < 1.29 is 17.9 Å². The van der Waals surface area contributed by atoms with E-state index in [9.17, 15) is 13.2 Å². The number of hydrogen-bond donors (Lipinski definition) is 1. The fourth-order valence-corrected chi connectivity index (χ4v) is 6.25. The van der Waals surface area contributed by atoms with Gasteiger partial charge in [0.25, 0.3) is 5.91 Å². The van der Waals surface area contributed by atoms with Gasteiger partial charge in [-0.3, -0.25) is 9.69 Å². The molecule has 2 aliphatic heterocycles. The van der Waals surface area contributed by atoms with E-state index in [0.29, 0.717) is 25.2 Å². The first-order valence-electron chi connectivity index (χ1n) is 11.7. The highest BCUT2D eigenvalue weighted by Gasteiger charge is 2.29. The Balaban J connectivity index is 1.52. The second-order valence-electron chi connectivity index (χ2n) is 8.83. The van der Waals surface area contributed by atoms with E-state index in [1.807, 2.05) is 31.2 Å². The molecule has 0 spiro atoms. The summed E-state index contributed by atoms with van der Waals surface area (Å²) in [6.07, 6.45) is 4.05. The van der Waals surface area contributed by atoms with Crippen LogP contribution in [-0.2, 0) is 10.0 Å². The molecule has 1 atom stereocenters. The summed E-state index contributed by atoms with van der Waals surface area (Å²) in [4.78, 5) is 15.7. The molecule has 0 saturated carbocycles. The molecule has 0 aliphatic carbocycles. The molecule has 2 aromatic carbocycles. The van der Waals surface area contributed by atoms with Crippen LogP contribution in [0.2, 0.25) is 0 Å². The van der Waals surface area contributed by atoms with Crippen LogP contribution in [0.15, 0.2) is 47.4 Å². The van der Waals surface area contributed by atoms with E-state index in [1.165, 1.54) is 10.4 Å². The van der Waals surface area contributed by atoms with Crippen molar-refractivity contribution in [3.8, 4) is 5.75 Å². The third kappa shape index (κ3) is 5.23.